The summed E-state index contributed by atoms with van der Waals surface area (Å²) in [5, 5.41) is 14.5. The number of hydrogen-bond donors (Lipinski definition) is 2. The Morgan fingerprint density at radius 1 is 0.600 bits per heavy atom. The molecule has 17 heteroatoms. The number of rotatable bonds is 36. The Kier molecular flexibility index (Phi) is 28.6. The predicted octanol–water partition coefficient (Wildman–Crippen LogP) is 14.7. The Hall–Kier alpha value is -4.18. The summed E-state index contributed by atoms with van der Waals surface area (Å²) in [6, 6.07) is 14.5. The van der Waals surface area contributed by atoms with E-state index in [0.29, 0.717) is 17.2 Å². The van der Waals surface area contributed by atoms with Crippen molar-refractivity contribution in [2.75, 3.05) is 23.8 Å². The van der Waals surface area contributed by atoms with Crippen molar-refractivity contribution >= 4 is 81.7 Å². The van der Waals surface area contributed by atoms with Crippen LogP contribution < -0.4 is 10.6 Å². The van der Waals surface area contributed by atoms with Crippen molar-refractivity contribution in [1.82, 2.24) is 15.0 Å². The van der Waals surface area contributed by atoms with Crippen LogP contribution in [0.25, 0.3) is 0 Å². The molecule has 1 heterocycles. The van der Waals surface area contributed by atoms with Crippen LogP contribution in [-0.2, 0) is 46.8 Å². The second-order valence-electron chi connectivity index (χ2n) is 17.5. The molecule has 0 fully saturated rings. The highest BCUT2D eigenvalue weighted by Gasteiger charge is 2.33. The number of unbranched alkanes of at least 4 members (excludes halogenated alkanes) is 18. The summed E-state index contributed by atoms with van der Waals surface area (Å²) in [7, 11) is 0. The van der Waals surface area contributed by atoms with Gasteiger partial charge in [-0.05, 0) is 73.4 Å². The molecule has 2 atom stereocenters. The first-order valence-electron chi connectivity index (χ1n) is 25.1. The van der Waals surface area contributed by atoms with Gasteiger partial charge < -0.3 is 20.1 Å². The molecule has 2 amide bonds. The first-order chi connectivity index (χ1) is 34.0. The molecule has 0 aliphatic rings. The minimum absolute atomic E-state index is 0.0408. The van der Waals surface area contributed by atoms with E-state index in [1.165, 1.54) is 108 Å². The van der Waals surface area contributed by atoms with Crippen molar-refractivity contribution in [2.24, 2.45) is 0 Å². The summed E-state index contributed by atoms with van der Waals surface area (Å²) in [5.74, 6) is -2.81. The third-order valence-corrected chi connectivity index (χ3v) is 13.4. The number of carbonyl (C=O) groups is 4. The first kappa shape index (κ1) is 58.4. The number of nitrogens with one attached hydrogen (secondary N) is 2. The van der Waals surface area contributed by atoms with E-state index in [4.69, 9.17) is 54.1 Å². The Bertz CT molecular complexity index is 2180. The minimum atomic E-state index is -1.73. The van der Waals surface area contributed by atoms with Crippen LogP contribution >= 0.6 is 46.6 Å². The van der Waals surface area contributed by atoms with Gasteiger partial charge in [-0.15, -0.1) is 5.10 Å². The van der Waals surface area contributed by atoms with Gasteiger partial charge in [-0.2, -0.15) is 9.90 Å². The van der Waals surface area contributed by atoms with Gasteiger partial charge >= 0.3 is 11.9 Å². The summed E-state index contributed by atoms with van der Waals surface area (Å²) in [5.41, 5.74) is 1.84. The van der Waals surface area contributed by atoms with Crippen LogP contribution in [0.5, 0.6) is 0 Å². The first-order valence-corrected chi connectivity index (χ1v) is 27.1. The lowest BCUT2D eigenvalue weighted by Crippen LogP contribution is -2.37. The SMILES string of the molecule is CCCCCCCCCCCCOOCc1ccc(Cl)c(NC(=O)C(C(=O)Nc2cc(C(=O)OCCCCCCCCCCCC)ccc2Cl)n2ncc(SC(C)C(=O)OCc3ccc(Cl)cc3)n2)c1. The molecule has 384 valence electrons. The monoisotopic (exact) mass is 1040 g/mol. The smallest absolute Gasteiger partial charge is 0.338 e. The van der Waals surface area contributed by atoms with Gasteiger partial charge in [0.15, 0.2) is 0 Å². The normalized spacial score (nSPS) is 12.1. The van der Waals surface area contributed by atoms with Gasteiger partial charge in [0, 0.05) is 5.02 Å². The zero-order valence-electron chi connectivity index (χ0n) is 41.1. The van der Waals surface area contributed by atoms with Gasteiger partial charge in [-0.1, -0.05) is 194 Å². The van der Waals surface area contributed by atoms with Gasteiger partial charge in [-0.25, -0.2) is 14.6 Å². The molecule has 0 spiro atoms. The number of anilines is 2. The summed E-state index contributed by atoms with van der Waals surface area (Å²) in [4.78, 5) is 66.4. The van der Waals surface area contributed by atoms with Crippen molar-refractivity contribution in [3.8, 4) is 0 Å². The van der Waals surface area contributed by atoms with Crippen LogP contribution in [-0.4, -0.2) is 57.2 Å². The van der Waals surface area contributed by atoms with E-state index in [1.54, 1.807) is 49.4 Å². The average Bonchev–Trinajstić information content (AvgIpc) is 3.80. The van der Waals surface area contributed by atoms with E-state index in [2.05, 4.69) is 34.7 Å². The minimum Gasteiger partial charge on any atom is -0.462 e. The number of amides is 2. The van der Waals surface area contributed by atoms with Crippen LogP contribution in [0, 0.1) is 0 Å². The van der Waals surface area contributed by atoms with Crippen LogP contribution in [0.3, 0.4) is 0 Å². The Morgan fingerprint density at radius 3 is 1.70 bits per heavy atom. The Morgan fingerprint density at radius 2 is 1.11 bits per heavy atom. The molecule has 0 radical (unpaired) electrons. The summed E-state index contributed by atoms with van der Waals surface area (Å²) >= 11 is 20.1. The molecule has 0 saturated heterocycles. The van der Waals surface area contributed by atoms with E-state index in [-0.39, 0.29) is 51.8 Å². The fourth-order valence-electron chi connectivity index (χ4n) is 7.41. The second-order valence-corrected chi connectivity index (χ2v) is 20.1. The third kappa shape index (κ3) is 22.5. The van der Waals surface area contributed by atoms with E-state index < -0.39 is 35.0 Å². The van der Waals surface area contributed by atoms with Crippen LogP contribution in [0.2, 0.25) is 15.1 Å². The molecule has 1 aromatic heterocycles. The predicted molar refractivity (Wildman–Crippen MR) is 281 cm³/mol. The molecule has 4 aromatic rings. The molecule has 2 N–H and O–H groups in total. The highest BCUT2D eigenvalue weighted by molar-refractivity contribution is 8.00. The number of esters is 2. The molecule has 0 bridgehead atoms. The quantitative estimate of drug-likeness (QED) is 0.0111. The second kappa shape index (κ2) is 34.2. The third-order valence-electron chi connectivity index (χ3n) is 11.5. The van der Waals surface area contributed by atoms with Crippen LogP contribution in [0.1, 0.15) is 177 Å². The Labute approximate surface area is 434 Å². The van der Waals surface area contributed by atoms with E-state index in [0.717, 1.165) is 67.1 Å². The Balaban J connectivity index is 1.39. The zero-order chi connectivity index (χ0) is 50.4. The fourth-order valence-corrected chi connectivity index (χ4v) is 8.63. The molecule has 0 aliphatic heterocycles. The summed E-state index contributed by atoms with van der Waals surface area (Å²) in [6.07, 6.45) is 25.0. The summed E-state index contributed by atoms with van der Waals surface area (Å²) < 4.78 is 11.0. The zero-order valence-corrected chi connectivity index (χ0v) is 44.2. The fraction of sp³-hybridized carbons (Fsp3) is 0.547. The lowest BCUT2D eigenvalue weighted by molar-refractivity contribution is -0.304. The van der Waals surface area contributed by atoms with Crippen molar-refractivity contribution in [3.05, 3.63) is 98.6 Å². The van der Waals surface area contributed by atoms with Crippen molar-refractivity contribution in [1.29, 1.82) is 0 Å². The number of benzene rings is 3. The molecule has 0 saturated carbocycles. The number of ether oxygens (including phenoxy) is 2. The molecular formula is C53H72Cl3N5O8S. The van der Waals surface area contributed by atoms with Gasteiger partial charge in [0.2, 0.25) is 6.04 Å². The molecule has 4 rings (SSSR count). The van der Waals surface area contributed by atoms with E-state index in [1.807, 2.05) is 0 Å². The van der Waals surface area contributed by atoms with Crippen LogP contribution in [0.15, 0.2) is 71.9 Å². The topological polar surface area (TPSA) is 160 Å². The lowest BCUT2D eigenvalue weighted by Gasteiger charge is -2.18. The maximum absolute atomic E-state index is 14.2. The van der Waals surface area contributed by atoms with Gasteiger partial charge in [0.1, 0.15) is 23.5 Å². The average molecular weight is 1050 g/mol. The maximum atomic E-state index is 14.2. The molecule has 13 nitrogen and oxygen atoms in total. The summed E-state index contributed by atoms with van der Waals surface area (Å²) in [6.45, 7) is 6.93. The molecular weight excluding hydrogens is 973 g/mol. The largest absolute Gasteiger partial charge is 0.462 e. The molecule has 3 aromatic carbocycles. The molecule has 70 heavy (non-hydrogen) atoms. The molecule has 0 aliphatic carbocycles. The standard InChI is InChI=1S/C53H72Cl3N5O8S/c1-4-6-8-10-12-14-16-18-20-22-32-66-53(65)42-27-31-45(56)47(35-42)59-51(63)49(61-57-36-48(60-61)70-39(3)52(64)67-37-40-24-28-43(54)29-25-40)50(62)58-46-34-41(26-30-44(46)55)38-69-68-33-23-21-19-17-15-13-11-9-7-5-2/h24-31,34-36,39,49H,4-23,32-33,37-38H2,1-3H3,(H,58,62)(H,59,63). The number of hydrogen-bond acceptors (Lipinski definition) is 11. The molecule has 2 unspecified atom stereocenters. The van der Waals surface area contributed by atoms with Crippen LogP contribution in [0.4, 0.5) is 11.4 Å². The number of nitrogens with zero attached hydrogens (tertiary/aromatic N) is 3. The number of thioether (sulfide) groups is 1. The number of halogens is 3. The van der Waals surface area contributed by atoms with Gasteiger partial charge in [0.25, 0.3) is 11.8 Å². The number of aromatic nitrogens is 3. The van der Waals surface area contributed by atoms with Crippen molar-refractivity contribution in [3.63, 3.8) is 0 Å². The highest BCUT2D eigenvalue weighted by Crippen LogP contribution is 2.29. The van der Waals surface area contributed by atoms with Gasteiger partial charge in [-0.3, -0.25) is 14.4 Å². The number of carbonyl (C=O) groups excluding carboxylic acids is 4. The maximum Gasteiger partial charge on any atom is 0.338 e. The highest BCUT2D eigenvalue weighted by atomic mass is 35.5. The van der Waals surface area contributed by atoms with Crippen molar-refractivity contribution in [2.45, 2.75) is 179 Å². The van der Waals surface area contributed by atoms with Crippen molar-refractivity contribution < 1.29 is 38.4 Å². The van der Waals surface area contributed by atoms with E-state index >= 15 is 0 Å². The van der Waals surface area contributed by atoms with E-state index in [9.17, 15) is 19.2 Å². The van der Waals surface area contributed by atoms with Gasteiger partial charge in [0.05, 0.1) is 46.4 Å². The lowest BCUT2D eigenvalue weighted by atomic mass is 10.1.